The first-order valence-corrected chi connectivity index (χ1v) is 18.7. The quantitative estimate of drug-likeness (QED) is 0.133. The monoisotopic (exact) mass is 700 g/mol. The molecule has 9 aromatic carbocycles. The minimum Gasteiger partial charge on any atom is -0.456 e. The Bertz CT molecular complexity index is 3240. The first-order chi connectivity index (χ1) is 27.3. The molecule has 0 atom stereocenters. The van der Waals surface area contributed by atoms with Crippen molar-refractivity contribution in [2.75, 3.05) is 0 Å². The summed E-state index contributed by atoms with van der Waals surface area (Å²) < 4.78 is 6.40. The van der Waals surface area contributed by atoms with Crippen LogP contribution < -0.4 is 0 Å². The fourth-order valence-electron chi connectivity index (χ4n) is 8.33. The molecule has 0 saturated heterocycles. The van der Waals surface area contributed by atoms with E-state index in [1.807, 2.05) is 36.4 Å². The lowest BCUT2D eigenvalue weighted by molar-refractivity contribution is 0.632. The first kappa shape index (κ1) is 31.2. The van der Waals surface area contributed by atoms with Gasteiger partial charge in [0.1, 0.15) is 11.3 Å². The van der Waals surface area contributed by atoms with Gasteiger partial charge in [-0.15, -0.1) is 0 Å². The topological polar surface area (TPSA) is 38.9 Å². The van der Waals surface area contributed by atoms with Gasteiger partial charge in [-0.25, -0.2) is 9.97 Å². The summed E-state index contributed by atoms with van der Waals surface area (Å²) in [4.78, 5) is 10.5. The number of fused-ring (bicyclic) bond motifs is 6. The third-order valence-corrected chi connectivity index (χ3v) is 10.9. The second-order valence-corrected chi connectivity index (χ2v) is 14.1. The highest BCUT2D eigenvalue weighted by Gasteiger charge is 2.20. The van der Waals surface area contributed by atoms with E-state index in [9.17, 15) is 0 Å². The van der Waals surface area contributed by atoms with Crippen LogP contribution in [0.2, 0.25) is 0 Å². The smallest absolute Gasteiger partial charge is 0.160 e. The average Bonchev–Trinajstić information content (AvgIpc) is 3.70. The second-order valence-electron chi connectivity index (χ2n) is 14.1. The lowest BCUT2D eigenvalue weighted by Crippen LogP contribution is -1.97. The number of hydrogen-bond donors (Lipinski definition) is 0. The van der Waals surface area contributed by atoms with E-state index < -0.39 is 0 Å². The number of furan rings is 1. The van der Waals surface area contributed by atoms with Crippen molar-refractivity contribution >= 4 is 54.1 Å². The largest absolute Gasteiger partial charge is 0.456 e. The van der Waals surface area contributed by atoms with Crippen molar-refractivity contribution in [2.24, 2.45) is 0 Å². The lowest BCUT2D eigenvalue weighted by Gasteiger charge is -2.18. The van der Waals surface area contributed by atoms with E-state index in [4.69, 9.17) is 14.4 Å². The predicted molar refractivity (Wildman–Crippen MR) is 229 cm³/mol. The van der Waals surface area contributed by atoms with Gasteiger partial charge in [-0.05, 0) is 78.5 Å². The number of benzene rings is 9. The van der Waals surface area contributed by atoms with Gasteiger partial charge in [-0.1, -0.05) is 170 Å². The lowest BCUT2D eigenvalue weighted by atomic mass is 9.86. The molecule has 11 aromatic rings. The number of para-hydroxylation sites is 1. The number of aromatic nitrogens is 2. The highest BCUT2D eigenvalue weighted by Crippen LogP contribution is 2.44. The summed E-state index contributed by atoms with van der Waals surface area (Å²) in [6.45, 7) is 0. The SMILES string of the molecule is c1ccc(-c2nc(-c3ccccc3-c3cc4ccccc4o3)cc(-c3ccc(-c4c5ccccc5cc5c4ccc4ccccc45)c4ccccc34)n2)cc1. The highest BCUT2D eigenvalue weighted by atomic mass is 16.3. The van der Waals surface area contributed by atoms with Crippen molar-refractivity contribution in [3.05, 3.63) is 194 Å². The van der Waals surface area contributed by atoms with Crippen molar-refractivity contribution in [3.63, 3.8) is 0 Å². The van der Waals surface area contributed by atoms with Crippen LogP contribution in [0.5, 0.6) is 0 Å². The summed E-state index contributed by atoms with van der Waals surface area (Å²) in [5, 5.41) is 10.9. The van der Waals surface area contributed by atoms with E-state index in [0.29, 0.717) is 5.82 Å². The Balaban J connectivity index is 1.15. The van der Waals surface area contributed by atoms with Crippen LogP contribution in [0.15, 0.2) is 199 Å². The molecule has 2 heterocycles. The van der Waals surface area contributed by atoms with Gasteiger partial charge >= 0.3 is 0 Å². The Morgan fingerprint density at radius 2 is 0.927 bits per heavy atom. The minimum absolute atomic E-state index is 0.674. The van der Waals surface area contributed by atoms with E-state index >= 15 is 0 Å². The van der Waals surface area contributed by atoms with Crippen LogP contribution in [-0.4, -0.2) is 9.97 Å². The van der Waals surface area contributed by atoms with Gasteiger partial charge < -0.3 is 4.42 Å². The molecule has 3 heteroatoms. The Kier molecular flexibility index (Phi) is 7.17. The van der Waals surface area contributed by atoms with Gasteiger partial charge in [0.2, 0.25) is 0 Å². The standard InChI is InChI=1S/C52H32N2O/c1-2-15-34(16-3-1)52-53-47(41-23-11-12-24-43(41)50-31-36-18-6-13-25-49(36)55-50)32-48(54-52)42-28-29-44(40-22-10-9-21-39(40)42)51-38-20-8-5-17-35(38)30-46-37-19-7-4-14-33(37)26-27-45(46)51/h1-32H. The molecular weight excluding hydrogens is 669 g/mol. The highest BCUT2D eigenvalue weighted by molar-refractivity contribution is 6.23. The summed E-state index contributed by atoms with van der Waals surface area (Å²) in [7, 11) is 0. The van der Waals surface area contributed by atoms with Crippen molar-refractivity contribution in [2.45, 2.75) is 0 Å². The van der Waals surface area contributed by atoms with Crippen LogP contribution in [0.4, 0.5) is 0 Å². The third-order valence-electron chi connectivity index (χ3n) is 10.9. The van der Waals surface area contributed by atoms with Gasteiger partial charge in [0.05, 0.1) is 11.4 Å². The Morgan fingerprint density at radius 3 is 1.73 bits per heavy atom. The Labute approximate surface area is 317 Å². The van der Waals surface area contributed by atoms with Gasteiger partial charge in [-0.2, -0.15) is 0 Å². The molecule has 256 valence electrons. The van der Waals surface area contributed by atoms with Gasteiger partial charge in [0.25, 0.3) is 0 Å². The van der Waals surface area contributed by atoms with Crippen LogP contribution in [0.1, 0.15) is 0 Å². The maximum atomic E-state index is 6.40. The number of hydrogen-bond acceptors (Lipinski definition) is 3. The molecular formula is C52H32N2O. The molecule has 0 unspecified atom stereocenters. The maximum absolute atomic E-state index is 6.40. The summed E-state index contributed by atoms with van der Waals surface area (Å²) in [5.41, 5.74) is 8.98. The summed E-state index contributed by atoms with van der Waals surface area (Å²) in [5.74, 6) is 1.48. The van der Waals surface area contributed by atoms with Crippen LogP contribution in [0, 0.1) is 0 Å². The predicted octanol–water partition coefficient (Wildman–Crippen LogP) is 14.2. The van der Waals surface area contributed by atoms with Crippen molar-refractivity contribution in [1.82, 2.24) is 9.97 Å². The van der Waals surface area contributed by atoms with Crippen LogP contribution in [0.25, 0.3) is 110 Å². The molecule has 0 aliphatic rings. The van der Waals surface area contributed by atoms with E-state index in [2.05, 4.69) is 158 Å². The fourth-order valence-corrected chi connectivity index (χ4v) is 8.33. The molecule has 0 spiro atoms. The number of rotatable bonds is 5. The molecule has 0 saturated carbocycles. The molecule has 2 aromatic heterocycles. The molecule has 0 N–H and O–H groups in total. The fraction of sp³-hybridized carbons (Fsp3) is 0. The third kappa shape index (κ3) is 5.20. The summed E-state index contributed by atoms with van der Waals surface area (Å²) >= 11 is 0. The van der Waals surface area contributed by atoms with E-state index in [1.54, 1.807) is 0 Å². The molecule has 0 aliphatic carbocycles. The van der Waals surface area contributed by atoms with Crippen molar-refractivity contribution in [3.8, 4) is 56.4 Å². The average molecular weight is 701 g/mol. The number of nitrogens with zero attached hydrogens (tertiary/aromatic N) is 2. The Hall–Kier alpha value is -7.36. The molecule has 0 bridgehead atoms. The van der Waals surface area contributed by atoms with Gasteiger partial charge in [0.15, 0.2) is 5.82 Å². The zero-order chi connectivity index (χ0) is 36.3. The first-order valence-electron chi connectivity index (χ1n) is 18.7. The second kappa shape index (κ2) is 12.6. The van der Waals surface area contributed by atoms with Crippen molar-refractivity contribution in [1.29, 1.82) is 0 Å². The zero-order valence-corrected chi connectivity index (χ0v) is 29.8. The van der Waals surface area contributed by atoms with Gasteiger partial charge in [-0.3, -0.25) is 0 Å². The molecule has 55 heavy (non-hydrogen) atoms. The van der Waals surface area contributed by atoms with Crippen LogP contribution >= 0.6 is 0 Å². The van der Waals surface area contributed by atoms with E-state index in [-0.39, 0.29) is 0 Å². The zero-order valence-electron chi connectivity index (χ0n) is 29.8. The normalized spacial score (nSPS) is 11.6. The Morgan fingerprint density at radius 1 is 0.327 bits per heavy atom. The maximum Gasteiger partial charge on any atom is 0.160 e. The molecule has 0 aliphatic heterocycles. The van der Waals surface area contributed by atoms with E-state index in [1.165, 1.54) is 48.8 Å². The van der Waals surface area contributed by atoms with E-state index in [0.717, 1.165) is 55.8 Å². The minimum atomic E-state index is 0.674. The molecule has 0 amide bonds. The molecule has 11 rings (SSSR count). The molecule has 0 fully saturated rings. The summed E-state index contributed by atoms with van der Waals surface area (Å²) in [6.07, 6.45) is 0. The van der Waals surface area contributed by atoms with Crippen LogP contribution in [0.3, 0.4) is 0 Å². The molecule has 0 radical (unpaired) electrons. The summed E-state index contributed by atoms with van der Waals surface area (Å²) in [6, 6.07) is 68.6. The van der Waals surface area contributed by atoms with Crippen molar-refractivity contribution < 1.29 is 4.42 Å². The molecule has 3 nitrogen and oxygen atoms in total. The van der Waals surface area contributed by atoms with Crippen LogP contribution in [-0.2, 0) is 0 Å². The van der Waals surface area contributed by atoms with Gasteiger partial charge in [0, 0.05) is 27.6 Å².